The van der Waals surface area contributed by atoms with Gasteiger partial charge in [-0.2, -0.15) is 74.6 Å². The van der Waals surface area contributed by atoms with Gasteiger partial charge < -0.3 is 5.32 Å². The normalized spacial score (nSPS) is 14.4. The second-order valence-electron chi connectivity index (χ2n) is 9.15. The van der Waals surface area contributed by atoms with Crippen LogP contribution in [-0.2, 0) is 0 Å². The summed E-state index contributed by atoms with van der Waals surface area (Å²) in [5.74, 6) is -58.0. The lowest BCUT2D eigenvalue weighted by molar-refractivity contribution is -0.616. The number of pyridine rings is 2. The maximum Gasteiger partial charge on any atom is 0.460 e. The molecule has 254 valence electrons. The molecule has 46 heavy (non-hydrogen) atoms. The van der Waals surface area contributed by atoms with Crippen molar-refractivity contribution in [2.24, 2.45) is 0 Å². The zero-order valence-electron chi connectivity index (χ0n) is 21.8. The van der Waals surface area contributed by atoms with Crippen LogP contribution >= 0.6 is 0 Å². The van der Waals surface area contributed by atoms with Gasteiger partial charge in [-0.3, -0.25) is 0 Å². The highest BCUT2D eigenvalue weighted by atomic mass is 19.4. The Morgan fingerprint density at radius 2 is 0.804 bits per heavy atom. The first kappa shape index (κ1) is 36.4. The van der Waals surface area contributed by atoms with Crippen molar-refractivity contribution >= 4 is 5.95 Å². The van der Waals surface area contributed by atoms with Gasteiger partial charge in [-0.05, 0) is 34.2 Å². The summed E-state index contributed by atoms with van der Waals surface area (Å²) in [5.41, 5.74) is 0. The molecule has 0 fully saturated rings. The molecule has 0 aromatic carbocycles. The number of alkyl halides is 17. The summed E-state index contributed by atoms with van der Waals surface area (Å²) < 4.78 is 232. The number of rotatable bonds is 12. The zero-order valence-corrected chi connectivity index (χ0v) is 21.8. The highest BCUT2D eigenvalue weighted by molar-refractivity contribution is 5.28. The first-order chi connectivity index (χ1) is 20.8. The number of halogens is 17. The minimum atomic E-state index is -8.68. The average molecular weight is 698 g/mol. The van der Waals surface area contributed by atoms with Gasteiger partial charge in [-0.15, -0.1) is 0 Å². The van der Waals surface area contributed by atoms with Gasteiger partial charge in [0, 0.05) is 17.9 Å². The molecule has 3 heterocycles. The number of nitrogens with zero attached hydrogens (tertiary/aromatic N) is 5. The third-order valence-corrected chi connectivity index (χ3v) is 6.01. The Hall–Kier alpha value is -4.08. The number of nitrogens with one attached hydrogen (secondary N) is 1. The van der Waals surface area contributed by atoms with E-state index in [2.05, 4.69) is 15.0 Å². The van der Waals surface area contributed by atoms with Crippen LogP contribution in [0.5, 0.6) is 0 Å². The van der Waals surface area contributed by atoms with E-state index in [1.807, 2.05) is 5.32 Å². The number of hydrogen-bond donors (Lipinski definition) is 1. The number of aromatic nitrogens is 5. The van der Waals surface area contributed by atoms with Gasteiger partial charge in [0.05, 0.1) is 24.8 Å². The van der Waals surface area contributed by atoms with Gasteiger partial charge in [-0.1, -0.05) is 12.1 Å². The van der Waals surface area contributed by atoms with Crippen LogP contribution in [0.3, 0.4) is 0 Å². The fraction of sp³-hybridized carbons (Fsp3) is 0.435. The molecule has 0 spiro atoms. The summed E-state index contributed by atoms with van der Waals surface area (Å²) in [7, 11) is 0. The molecule has 0 aliphatic heterocycles. The first-order valence-electron chi connectivity index (χ1n) is 11.9. The summed E-state index contributed by atoms with van der Waals surface area (Å²) in [6.07, 6.45) is -5.06. The van der Waals surface area contributed by atoms with E-state index in [1.165, 1.54) is 58.2 Å². The minimum Gasteiger partial charge on any atom is -0.325 e. The molecule has 0 atom stereocenters. The number of hydrogen-bond acceptors (Lipinski definition) is 4. The minimum absolute atomic E-state index is 0.272. The Morgan fingerprint density at radius 3 is 1.17 bits per heavy atom. The van der Waals surface area contributed by atoms with Crippen LogP contribution in [0.2, 0.25) is 0 Å². The first-order valence-corrected chi connectivity index (χ1v) is 11.9. The molecule has 0 aliphatic rings. The Kier molecular flexibility index (Phi) is 9.19. The molecule has 0 aliphatic carbocycles. The maximum atomic E-state index is 14.3. The Bertz CT molecular complexity index is 1440. The molecule has 0 amide bonds. The third-order valence-electron chi connectivity index (χ3n) is 6.01. The summed E-state index contributed by atoms with van der Waals surface area (Å²) in [6, 6.07) is 8.96. The van der Waals surface area contributed by atoms with Gasteiger partial charge in [0.25, 0.3) is 0 Å². The van der Waals surface area contributed by atoms with E-state index in [9.17, 15) is 74.6 Å². The molecule has 3 rings (SSSR count). The summed E-state index contributed by atoms with van der Waals surface area (Å²) in [6.45, 7) is -1.66. The Morgan fingerprint density at radius 1 is 0.457 bits per heavy atom. The van der Waals surface area contributed by atoms with Crippen LogP contribution in [0.1, 0.15) is 6.42 Å². The molecule has 0 bridgehead atoms. The molecular weight excluding hydrogens is 683 g/mol. The van der Waals surface area contributed by atoms with Crippen LogP contribution < -0.4 is 14.5 Å². The van der Waals surface area contributed by atoms with Gasteiger partial charge in [0.1, 0.15) is 0 Å². The van der Waals surface area contributed by atoms with Gasteiger partial charge >= 0.3 is 65.5 Å². The monoisotopic (exact) mass is 698 g/mol. The molecule has 0 saturated heterocycles. The molecule has 0 unspecified atom stereocenters. The SMILES string of the molecule is FC(F)(F)C(F)(F)C(F)(F)C(F)(F)C(F)(F)C(F)(F)C(F)(F)C(F)(F)CCNc1nc(-[n+]2ccccc2)nc(-[n+]2ccccc2)n1. The van der Waals surface area contributed by atoms with Crippen molar-refractivity contribution in [1.29, 1.82) is 0 Å². The molecule has 3 aromatic heterocycles. The number of anilines is 1. The van der Waals surface area contributed by atoms with Crippen molar-refractivity contribution in [1.82, 2.24) is 15.0 Å². The van der Waals surface area contributed by atoms with Gasteiger partial charge in [0.15, 0.2) is 0 Å². The summed E-state index contributed by atoms with van der Waals surface area (Å²) >= 11 is 0. The van der Waals surface area contributed by atoms with Gasteiger partial charge in [0.2, 0.25) is 0 Å². The highest BCUT2D eigenvalue weighted by Crippen LogP contribution is 2.64. The lowest BCUT2D eigenvalue weighted by atomic mass is 9.88. The van der Waals surface area contributed by atoms with E-state index >= 15 is 0 Å². The standard InChI is InChI=1S/C23H15F17N6/c24-16(25,17(26,27)18(28,29)19(30,31)20(32,33)21(34,35)22(36,37)23(38,39)40)7-8-41-13-42-14(45-9-3-1-4-10-45)44-15(43-13)46-11-5-2-6-12-46/h1-6,9-12H,7-8H2,(H,41,42,43,44)/q+2. The smallest absolute Gasteiger partial charge is 0.325 e. The summed E-state index contributed by atoms with van der Waals surface area (Å²) in [4.78, 5) is 11.6. The largest absolute Gasteiger partial charge is 0.460 e. The van der Waals surface area contributed by atoms with E-state index in [1.54, 1.807) is 12.1 Å². The lowest BCUT2D eigenvalue weighted by Gasteiger charge is -2.42. The van der Waals surface area contributed by atoms with E-state index in [-0.39, 0.29) is 11.9 Å². The Balaban J connectivity index is 1.92. The fourth-order valence-corrected chi connectivity index (χ4v) is 3.41. The second kappa shape index (κ2) is 11.6. The summed E-state index contributed by atoms with van der Waals surface area (Å²) in [5, 5.41) is 1.85. The highest BCUT2D eigenvalue weighted by Gasteiger charge is 2.95. The van der Waals surface area contributed by atoms with Gasteiger partial charge in [-0.25, -0.2) is 9.13 Å². The predicted molar refractivity (Wildman–Crippen MR) is 117 cm³/mol. The topological polar surface area (TPSA) is 58.5 Å². The van der Waals surface area contributed by atoms with Crippen LogP contribution in [0.4, 0.5) is 80.6 Å². The zero-order chi connectivity index (χ0) is 35.2. The van der Waals surface area contributed by atoms with Crippen molar-refractivity contribution in [3.63, 3.8) is 0 Å². The van der Waals surface area contributed by atoms with Crippen LogP contribution in [0.25, 0.3) is 11.9 Å². The van der Waals surface area contributed by atoms with Crippen molar-refractivity contribution in [2.45, 2.75) is 54.1 Å². The molecular formula is C23H15F17N6+2. The second-order valence-corrected chi connectivity index (χ2v) is 9.15. The molecule has 0 saturated carbocycles. The van der Waals surface area contributed by atoms with Crippen molar-refractivity contribution < 1.29 is 83.8 Å². The van der Waals surface area contributed by atoms with Crippen LogP contribution in [-0.4, -0.2) is 69.1 Å². The molecule has 6 nitrogen and oxygen atoms in total. The van der Waals surface area contributed by atoms with Crippen molar-refractivity contribution in [3.05, 3.63) is 61.2 Å². The maximum absolute atomic E-state index is 14.3. The van der Waals surface area contributed by atoms with E-state index in [0.717, 1.165) is 0 Å². The predicted octanol–water partition coefficient (Wildman–Crippen LogP) is 6.24. The quantitative estimate of drug-likeness (QED) is 0.180. The molecule has 0 radical (unpaired) electrons. The van der Waals surface area contributed by atoms with E-state index in [0.29, 0.717) is 0 Å². The Labute approximate surface area is 244 Å². The lowest BCUT2D eigenvalue weighted by Crippen LogP contribution is -2.74. The fourth-order valence-electron chi connectivity index (χ4n) is 3.41. The van der Waals surface area contributed by atoms with Crippen LogP contribution in [0, 0.1) is 0 Å². The molecule has 3 aromatic rings. The third kappa shape index (κ3) is 5.82. The average Bonchev–Trinajstić information content (AvgIpc) is 2.96. The van der Waals surface area contributed by atoms with Crippen molar-refractivity contribution in [2.75, 3.05) is 11.9 Å². The van der Waals surface area contributed by atoms with E-state index in [4.69, 9.17) is 0 Å². The van der Waals surface area contributed by atoms with Crippen molar-refractivity contribution in [3.8, 4) is 11.9 Å². The van der Waals surface area contributed by atoms with Crippen LogP contribution in [0.15, 0.2) is 61.2 Å². The van der Waals surface area contributed by atoms with E-state index < -0.39 is 66.5 Å². The molecule has 1 N–H and O–H groups in total. The molecule has 23 heteroatoms.